The summed E-state index contributed by atoms with van der Waals surface area (Å²) in [6.45, 7) is 5.37. The first kappa shape index (κ1) is 20.1. The van der Waals surface area contributed by atoms with Crippen molar-refractivity contribution in [3.8, 4) is 11.8 Å². The van der Waals surface area contributed by atoms with Crippen molar-refractivity contribution in [2.75, 3.05) is 13.7 Å². The predicted octanol–water partition coefficient (Wildman–Crippen LogP) is 1.93. The quantitative estimate of drug-likeness (QED) is 0.773. The van der Waals surface area contributed by atoms with Crippen LogP contribution in [0.3, 0.4) is 0 Å². The van der Waals surface area contributed by atoms with E-state index in [0.29, 0.717) is 23.4 Å². The summed E-state index contributed by atoms with van der Waals surface area (Å²) < 4.78 is 19.7. The van der Waals surface area contributed by atoms with Gasteiger partial charge in [-0.1, -0.05) is 6.07 Å². The molecule has 1 aromatic carbocycles. The Morgan fingerprint density at radius 1 is 1.41 bits per heavy atom. The number of amides is 1. The van der Waals surface area contributed by atoms with E-state index in [1.54, 1.807) is 26.8 Å². The lowest BCUT2D eigenvalue weighted by Crippen LogP contribution is -2.38. The van der Waals surface area contributed by atoms with Crippen molar-refractivity contribution in [2.24, 2.45) is 0 Å². The summed E-state index contributed by atoms with van der Waals surface area (Å²) >= 11 is 0. The summed E-state index contributed by atoms with van der Waals surface area (Å²) in [5.74, 6) is -0.734. The molecule has 0 aliphatic rings. The van der Waals surface area contributed by atoms with Crippen molar-refractivity contribution in [3.63, 3.8) is 0 Å². The minimum Gasteiger partial charge on any atom is -0.494 e. The number of aryl methyl sites for hydroxylation is 1. The molecule has 2 rings (SSSR count). The van der Waals surface area contributed by atoms with Gasteiger partial charge in [0.1, 0.15) is 18.2 Å². The smallest absolute Gasteiger partial charge is 0.285 e. The zero-order chi connectivity index (χ0) is 20.1. The number of aromatic nitrogens is 2. The molecule has 0 unspecified atom stereocenters. The van der Waals surface area contributed by atoms with Gasteiger partial charge in [0.2, 0.25) is 5.91 Å². The van der Waals surface area contributed by atoms with Crippen LogP contribution in [-0.4, -0.2) is 34.2 Å². The minimum atomic E-state index is -0.597. The number of likely N-dealkylation sites (N-methyl/N-ethyl adjacent to an activating group) is 1. The number of hydrogen-bond acceptors (Lipinski definition) is 5. The molecule has 0 fully saturated rings. The number of carbonyl (C=O) groups excluding carboxylic acids is 1. The largest absolute Gasteiger partial charge is 0.494 e. The van der Waals surface area contributed by atoms with E-state index in [0.717, 1.165) is 4.68 Å². The zero-order valence-electron chi connectivity index (χ0n) is 15.7. The van der Waals surface area contributed by atoms with Crippen LogP contribution in [0.5, 0.6) is 5.75 Å². The first-order valence-corrected chi connectivity index (χ1v) is 8.40. The normalized spacial score (nSPS) is 10.4. The molecule has 27 heavy (non-hydrogen) atoms. The van der Waals surface area contributed by atoms with Gasteiger partial charge in [0, 0.05) is 13.1 Å². The fraction of sp³-hybridized carbons (Fsp3) is 0.368. The third-order valence-corrected chi connectivity index (χ3v) is 4.36. The molecule has 0 radical (unpaired) electrons. The topological polar surface area (TPSA) is 88.2 Å². The molecule has 0 saturated heterocycles. The van der Waals surface area contributed by atoms with Crippen molar-refractivity contribution in [1.29, 1.82) is 5.26 Å². The second-order valence-corrected chi connectivity index (χ2v) is 6.04. The highest BCUT2D eigenvalue weighted by Gasteiger charge is 2.18. The van der Waals surface area contributed by atoms with E-state index in [2.05, 4.69) is 5.10 Å². The monoisotopic (exact) mass is 372 g/mol. The Labute approximate surface area is 156 Å². The highest BCUT2D eigenvalue weighted by Crippen LogP contribution is 2.18. The molecule has 0 spiro atoms. The molecule has 7 nitrogen and oxygen atoms in total. The average molecular weight is 372 g/mol. The first-order valence-electron chi connectivity index (χ1n) is 8.40. The molecule has 0 saturated carbocycles. The standard InChI is InChI=1S/C19H21FN4O3/c1-5-23(10-14-6-7-17(27-4)16(20)8-14)18(25)11-24-19(26)15(9-21)12(2)13(3)22-24/h6-8H,5,10-11H2,1-4H3. The van der Waals surface area contributed by atoms with E-state index >= 15 is 0 Å². The maximum atomic E-state index is 13.9. The molecular formula is C19H21FN4O3. The Morgan fingerprint density at radius 2 is 2.11 bits per heavy atom. The number of nitrogens with zero attached hydrogens (tertiary/aromatic N) is 4. The van der Waals surface area contributed by atoms with E-state index in [9.17, 15) is 14.0 Å². The van der Waals surface area contributed by atoms with E-state index < -0.39 is 11.4 Å². The van der Waals surface area contributed by atoms with Crippen LogP contribution < -0.4 is 10.3 Å². The van der Waals surface area contributed by atoms with Crippen molar-refractivity contribution in [2.45, 2.75) is 33.9 Å². The number of methoxy groups -OCH3 is 1. The number of benzene rings is 1. The zero-order valence-corrected chi connectivity index (χ0v) is 15.7. The molecular weight excluding hydrogens is 351 g/mol. The molecule has 0 atom stereocenters. The molecule has 142 valence electrons. The van der Waals surface area contributed by atoms with Crippen molar-refractivity contribution < 1.29 is 13.9 Å². The van der Waals surface area contributed by atoms with Crippen molar-refractivity contribution >= 4 is 5.91 Å². The number of ether oxygens (including phenoxy) is 1. The average Bonchev–Trinajstić information content (AvgIpc) is 2.64. The molecule has 1 aromatic heterocycles. The lowest BCUT2D eigenvalue weighted by Gasteiger charge is -2.21. The Morgan fingerprint density at radius 3 is 2.67 bits per heavy atom. The van der Waals surface area contributed by atoms with Crippen molar-refractivity contribution in [3.05, 3.63) is 56.8 Å². The highest BCUT2D eigenvalue weighted by molar-refractivity contribution is 5.76. The number of carbonyl (C=O) groups is 1. The molecule has 0 N–H and O–H groups in total. The molecule has 0 aliphatic carbocycles. The number of hydrogen-bond donors (Lipinski definition) is 0. The summed E-state index contributed by atoms with van der Waals surface area (Å²) in [4.78, 5) is 26.4. The summed E-state index contributed by atoms with van der Waals surface area (Å²) in [7, 11) is 1.38. The lowest BCUT2D eigenvalue weighted by atomic mass is 10.1. The third kappa shape index (κ3) is 4.31. The molecule has 0 bridgehead atoms. The van der Waals surface area contributed by atoms with Crippen LogP contribution in [0, 0.1) is 31.0 Å². The summed E-state index contributed by atoms with van der Waals surface area (Å²) in [6, 6.07) is 6.35. The fourth-order valence-electron chi connectivity index (χ4n) is 2.64. The van der Waals surface area contributed by atoms with Gasteiger partial charge in [-0.15, -0.1) is 0 Å². The number of rotatable bonds is 6. The molecule has 0 aliphatic heterocycles. The maximum Gasteiger partial charge on any atom is 0.285 e. The maximum absolute atomic E-state index is 13.9. The van der Waals surface area contributed by atoms with Gasteiger partial charge >= 0.3 is 0 Å². The Kier molecular flexibility index (Phi) is 6.29. The minimum absolute atomic E-state index is 0.0180. The van der Waals surface area contributed by atoms with Gasteiger partial charge in [-0.05, 0) is 44.0 Å². The van der Waals surface area contributed by atoms with E-state index in [1.807, 2.05) is 6.07 Å². The summed E-state index contributed by atoms with van der Waals surface area (Å²) in [6.07, 6.45) is 0. The first-order chi connectivity index (χ1) is 12.8. The Hall–Kier alpha value is -3.21. The van der Waals surface area contributed by atoms with Crippen LogP contribution in [0.25, 0.3) is 0 Å². The van der Waals surface area contributed by atoms with Gasteiger partial charge in [-0.25, -0.2) is 9.07 Å². The summed E-state index contributed by atoms with van der Waals surface area (Å²) in [5.41, 5.74) is 1.00. The fourth-order valence-corrected chi connectivity index (χ4v) is 2.64. The van der Waals surface area contributed by atoms with E-state index in [1.165, 1.54) is 24.1 Å². The van der Waals surface area contributed by atoms with Gasteiger partial charge in [0.25, 0.3) is 5.56 Å². The summed E-state index contributed by atoms with van der Waals surface area (Å²) in [5, 5.41) is 13.3. The van der Waals surface area contributed by atoms with E-state index in [-0.39, 0.29) is 30.3 Å². The van der Waals surface area contributed by atoms with Gasteiger partial charge in [0.05, 0.1) is 12.8 Å². The van der Waals surface area contributed by atoms with Gasteiger partial charge < -0.3 is 9.64 Å². The van der Waals surface area contributed by atoms with Gasteiger partial charge in [0.15, 0.2) is 11.6 Å². The Bertz CT molecular complexity index is 963. The van der Waals surface area contributed by atoms with Crippen LogP contribution >= 0.6 is 0 Å². The molecule has 1 heterocycles. The molecule has 1 amide bonds. The van der Waals surface area contributed by atoms with Gasteiger partial charge in [-0.2, -0.15) is 10.4 Å². The third-order valence-electron chi connectivity index (χ3n) is 4.36. The number of halogens is 1. The lowest BCUT2D eigenvalue weighted by molar-refractivity contribution is -0.132. The predicted molar refractivity (Wildman–Crippen MR) is 96.7 cm³/mol. The van der Waals surface area contributed by atoms with Crippen LogP contribution in [-0.2, 0) is 17.9 Å². The van der Waals surface area contributed by atoms with Crippen LogP contribution in [0.2, 0.25) is 0 Å². The second-order valence-electron chi connectivity index (χ2n) is 6.04. The Balaban J connectivity index is 2.23. The SMILES string of the molecule is CCN(Cc1ccc(OC)c(F)c1)C(=O)Cn1nc(C)c(C)c(C#N)c1=O. The number of nitriles is 1. The van der Waals surface area contributed by atoms with Crippen LogP contribution in [0.4, 0.5) is 4.39 Å². The molecule has 8 heteroatoms. The van der Waals surface area contributed by atoms with Crippen molar-refractivity contribution in [1.82, 2.24) is 14.7 Å². The van der Waals surface area contributed by atoms with Gasteiger partial charge in [-0.3, -0.25) is 9.59 Å². The van der Waals surface area contributed by atoms with Crippen LogP contribution in [0.15, 0.2) is 23.0 Å². The van der Waals surface area contributed by atoms with Crippen LogP contribution in [0.1, 0.15) is 29.3 Å². The van der Waals surface area contributed by atoms with E-state index in [4.69, 9.17) is 10.00 Å². The second kappa shape index (κ2) is 8.45. The molecule has 2 aromatic rings. The highest BCUT2D eigenvalue weighted by atomic mass is 19.1.